The van der Waals surface area contributed by atoms with Crippen molar-refractivity contribution >= 4 is 0 Å². The van der Waals surface area contributed by atoms with Crippen LogP contribution in [0.3, 0.4) is 0 Å². The summed E-state index contributed by atoms with van der Waals surface area (Å²) in [5, 5.41) is 0. The van der Waals surface area contributed by atoms with Crippen molar-refractivity contribution in [2.75, 3.05) is 0 Å². The molecule has 0 spiro atoms. The van der Waals surface area contributed by atoms with Crippen LogP contribution in [0.15, 0.2) is 24.8 Å². The molecule has 0 amide bonds. The summed E-state index contributed by atoms with van der Waals surface area (Å²) in [5.74, 6) is 0.970. The van der Waals surface area contributed by atoms with Gasteiger partial charge in [-0.25, -0.2) is 0 Å². The maximum Gasteiger partial charge on any atom is -0.0348 e. The second-order valence-corrected chi connectivity index (χ2v) is 2.83. The minimum absolute atomic E-state index is 0.970. The molecule has 0 aromatic heterocycles. The fraction of sp³-hybridized carbons (Fsp3) is 0.500. The number of allylic oxidation sites excluding steroid dienone is 3. The van der Waals surface area contributed by atoms with E-state index in [1.807, 2.05) is 12.2 Å². The molecule has 0 nitrogen and oxygen atoms in total. The van der Waals surface area contributed by atoms with Crippen LogP contribution in [0.25, 0.3) is 0 Å². The lowest BCUT2D eigenvalue weighted by molar-refractivity contribution is 0.691. The zero-order valence-corrected chi connectivity index (χ0v) is 6.42. The van der Waals surface area contributed by atoms with Gasteiger partial charge in [0.2, 0.25) is 0 Å². The monoisotopic (exact) mass is 135 g/mol. The number of hydrogen-bond donors (Lipinski definition) is 0. The first-order valence-electron chi connectivity index (χ1n) is 4.04. The fourth-order valence-corrected chi connectivity index (χ4v) is 1.02. The molecule has 1 aliphatic rings. The van der Waals surface area contributed by atoms with Crippen molar-refractivity contribution in [3.05, 3.63) is 31.2 Å². The van der Waals surface area contributed by atoms with Crippen molar-refractivity contribution in [3.8, 4) is 0 Å². The number of unbranched alkanes of at least 4 members (excludes halogenated alkanes) is 1. The van der Waals surface area contributed by atoms with E-state index >= 15 is 0 Å². The molecule has 1 saturated carbocycles. The molecule has 0 aliphatic heterocycles. The van der Waals surface area contributed by atoms with Gasteiger partial charge in [0.1, 0.15) is 0 Å². The number of rotatable bonds is 5. The normalized spacial score (nSPS) is 18.0. The van der Waals surface area contributed by atoms with Crippen molar-refractivity contribution < 1.29 is 0 Å². The van der Waals surface area contributed by atoms with E-state index in [1.54, 1.807) is 0 Å². The van der Waals surface area contributed by atoms with Gasteiger partial charge in [-0.3, -0.25) is 0 Å². The third kappa shape index (κ3) is 3.49. The van der Waals surface area contributed by atoms with Gasteiger partial charge in [0.05, 0.1) is 0 Å². The lowest BCUT2D eigenvalue weighted by atomic mass is 10.2. The predicted octanol–water partition coefficient (Wildman–Crippen LogP) is 3.12. The Bertz CT molecular complexity index is 118. The van der Waals surface area contributed by atoms with Crippen LogP contribution < -0.4 is 0 Å². The Morgan fingerprint density at radius 3 is 3.00 bits per heavy atom. The van der Waals surface area contributed by atoms with E-state index in [0.29, 0.717) is 0 Å². The average molecular weight is 135 g/mol. The van der Waals surface area contributed by atoms with Crippen LogP contribution in [0, 0.1) is 12.3 Å². The van der Waals surface area contributed by atoms with Crippen molar-refractivity contribution in [2.24, 2.45) is 5.92 Å². The highest BCUT2D eigenvalue weighted by Gasteiger charge is 2.19. The summed E-state index contributed by atoms with van der Waals surface area (Å²) >= 11 is 0. The Labute approximate surface area is 63.6 Å². The van der Waals surface area contributed by atoms with Crippen LogP contribution >= 0.6 is 0 Å². The minimum atomic E-state index is 0.970. The Kier molecular flexibility index (Phi) is 3.28. The zero-order chi connectivity index (χ0) is 7.23. The topological polar surface area (TPSA) is 0 Å². The Hall–Kier alpha value is -0.520. The Morgan fingerprint density at radius 2 is 2.40 bits per heavy atom. The minimum Gasteiger partial charge on any atom is -0.0991 e. The molecule has 0 aromatic rings. The lowest BCUT2D eigenvalue weighted by Gasteiger charge is -1.91. The molecule has 55 valence electrons. The maximum atomic E-state index is 3.61. The molecule has 1 fully saturated rings. The smallest absolute Gasteiger partial charge is 0.0348 e. The first-order chi connectivity index (χ1) is 4.93. The fourth-order valence-electron chi connectivity index (χ4n) is 1.02. The van der Waals surface area contributed by atoms with E-state index in [4.69, 9.17) is 0 Å². The Morgan fingerprint density at radius 1 is 1.60 bits per heavy atom. The average Bonchev–Trinajstić information content (AvgIpc) is 2.71. The predicted molar refractivity (Wildman–Crippen MR) is 45.6 cm³/mol. The third-order valence-electron chi connectivity index (χ3n) is 1.79. The van der Waals surface area contributed by atoms with Gasteiger partial charge in [-0.15, -0.1) is 0 Å². The molecule has 0 aromatic carbocycles. The van der Waals surface area contributed by atoms with Gasteiger partial charge in [0.15, 0.2) is 0 Å². The first kappa shape index (κ1) is 7.59. The lowest BCUT2D eigenvalue weighted by Crippen LogP contribution is -1.74. The molecule has 0 bridgehead atoms. The molecule has 0 heteroatoms. The van der Waals surface area contributed by atoms with Crippen molar-refractivity contribution in [1.82, 2.24) is 0 Å². The van der Waals surface area contributed by atoms with Crippen LogP contribution in [0.5, 0.6) is 0 Å². The summed E-state index contributed by atoms with van der Waals surface area (Å²) in [4.78, 5) is 0. The molecule has 0 N–H and O–H groups in total. The van der Waals surface area contributed by atoms with Gasteiger partial charge >= 0.3 is 0 Å². The number of hydrogen-bond acceptors (Lipinski definition) is 0. The van der Waals surface area contributed by atoms with E-state index in [2.05, 4.69) is 19.1 Å². The van der Waals surface area contributed by atoms with E-state index in [9.17, 15) is 0 Å². The van der Waals surface area contributed by atoms with Gasteiger partial charge in [0.25, 0.3) is 0 Å². The van der Waals surface area contributed by atoms with Crippen LogP contribution in [0.1, 0.15) is 25.7 Å². The van der Waals surface area contributed by atoms with Gasteiger partial charge in [-0.05, 0) is 38.0 Å². The molecule has 1 unspecified atom stereocenters. The van der Waals surface area contributed by atoms with E-state index in [1.165, 1.54) is 25.7 Å². The van der Waals surface area contributed by atoms with Crippen molar-refractivity contribution in [2.45, 2.75) is 25.7 Å². The zero-order valence-electron chi connectivity index (χ0n) is 6.42. The summed E-state index contributed by atoms with van der Waals surface area (Å²) < 4.78 is 0. The van der Waals surface area contributed by atoms with Crippen molar-refractivity contribution in [1.29, 1.82) is 0 Å². The van der Waals surface area contributed by atoms with E-state index < -0.39 is 0 Å². The molecule has 0 saturated heterocycles. The largest absolute Gasteiger partial charge is 0.0991 e. The molecule has 1 radical (unpaired) electrons. The second kappa shape index (κ2) is 4.32. The quantitative estimate of drug-likeness (QED) is 0.401. The summed E-state index contributed by atoms with van der Waals surface area (Å²) in [6, 6.07) is 0. The van der Waals surface area contributed by atoms with Crippen LogP contribution in [0.2, 0.25) is 0 Å². The maximum absolute atomic E-state index is 3.61. The van der Waals surface area contributed by atoms with Crippen LogP contribution in [0.4, 0.5) is 0 Å². The third-order valence-corrected chi connectivity index (χ3v) is 1.79. The van der Waals surface area contributed by atoms with E-state index in [0.717, 1.165) is 5.92 Å². The highest BCUT2D eigenvalue weighted by molar-refractivity contribution is 4.98. The van der Waals surface area contributed by atoms with Gasteiger partial charge in [0, 0.05) is 0 Å². The summed E-state index contributed by atoms with van der Waals surface area (Å²) in [5.41, 5.74) is 0. The second-order valence-electron chi connectivity index (χ2n) is 2.83. The van der Waals surface area contributed by atoms with Gasteiger partial charge < -0.3 is 0 Å². The molecular weight excluding hydrogens is 120 g/mol. The van der Waals surface area contributed by atoms with Gasteiger partial charge in [-0.2, -0.15) is 0 Å². The molecule has 10 heavy (non-hydrogen) atoms. The summed E-state index contributed by atoms with van der Waals surface area (Å²) in [7, 11) is 0. The molecule has 1 rings (SSSR count). The Balaban J connectivity index is 1.84. The SMILES string of the molecule is C=CC=CCCCC1[CH]C1. The molecular formula is C10H15. The van der Waals surface area contributed by atoms with E-state index in [-0.39, 0.29) is 0 Å². The molecule has 1 aliphatic carbocycles. The standard InChI is InChI=1S/C10H15/c1-2-3-4-5-6-7-10-8-9-10/h2-4,8,10H,1,5-7,9H2. The highest BCUT2D eigenvalue weighted by atomic mass is 14.2. The molecule has 1 atom stereocenters. The van der Waals surface area contributed by atoms with Crippen LogP contribution in [-0.4, -0.2) is 0 Å². The summed E-state index contributed by atoms with van der Waals surface area (Å²) in [6.45, 7) is 3.61. The summed E-state index contributed by atoms with van der Waals surface area (Å²) in [6.07, 6.45) is 13.8. The van der Waals surface area contributed by atoms with Crippen molar-refractivity contribution in [3.63, 3.8) is 0 Å². The van der Waals surface area contributed by atoms with Gasteiger partial charge in [-0.1, -0.05) is 24.8 Å². The van der Waals surface area contributed by atoms with Crippen LogP contribution in [-0.2, 0) is 0 Å². The molecule has 0 heterocycles. The highest BCUT2D eigenvalue weighted by Crippen LogP contribution is 2.32. The first-order valence-corrected chi connectivity index (χ1v) is 4.04.